The Hall–Kier alpha value is -1.87. The summed E-state index contributed by atoms with van der Waals surface area (Å²) in [5, 5.41) is 6.78. The molecule has 2 N–H and O–H groups in total. The Morgan fingerprint density at radius 3 is 2.56 bits per heavy atom. The van der Waals surface area contributed by atoms with Crippen molar-refractivity contribution in [3.8, 4) is 0 Å². The molecule has 1 aromatic carbocycles. The van der Waals surface area contributed by atoms with Gasteiger partial charge >= 0.3 is 6.18 Å². The van der Waals surface area contributed by atoms with Crippen LogP contribution in [-0.2, 0) is 16.8 Å². The monoisotopic (exact) mass is 542 g/mol. The summed E-state index contributed by atoms with van der Waals surface area (Å²) in [4.78, 5) is 20.2. The highest BCUT2D eigenvalue weighted by Crippen LogP contribution is 2.43. The van der Waals surface area contributed by atoms with Gasteiger partial charge in [-0.15, -0.1) is 0 Å². The van der Waals surface area contributed by atoms with E-state index in [-0.39, 0.29) is 36.6 Å². The minimum Gasteiger partial charge on any atom is -1.00 e. The van der Waals surface area contributed by atoms with E-state index in [0.717, 1.165) is 22.5 Å². The number of hydrogen-bond acceptors (Lipinski definition) is 4. The minimum absolute atomic E-state index is 0. The zero-order valence-corrected chi connectivity index (χ0v) is 21.6. The summed E-state index contributed by atoms with van der Waals surface area (Å²) < 4.78 is 40.8. The maximum atomic E-state index is 14.0. The third kappa shape index (κ3) is 5.52. The van der Waals surface area contributed by atoms with Gasteiger partial charge in [-0.2, -0.15) is 13.2 Å². The zero-order valence-electron chi connectivity index (χ0n) is 20.1. The molecule has 5 rings (SSSR count). The summed E-state index contributed by atoms with van der Waals surface area (Å²) in [6.07, 6.45) is -4.29. The van der Waals surface area contributed by atoms with E-state index in [4.69, 9.17) is 0 Å². The lowest BCUT2D eigenvalue weighted by Crippen LogP contribution is -3.00. The van der Waals surface area contributed by atoms with Gasteiger partial charge in [-0.1, -0.05) is 36.4 Å². The Labute approximate surface area is 222 Å². The quantitative estimate of drug-likeness (QED) is 0.457. The van der Waals surface area contributed by atoms with Gasteiger partial charge in [0.05, 0.1) is 18.0 Å². The fourth-order valence-corrected chi connectivity index (χ4v) is 6.28. The van der Waals surface area contributed by atoms with Crippen LogP contribution in [-0.4, -0.2) is 54.2 Å². The van der Waals surface area contributed by atoms with E-state index < -0.39 is 30.0 Å². The molecule has 2 fully saturated rings. The van der Waals surface area contributed by atoms with Crippen LogP contribution < -0.4 is 35.4 Å². The number of nitrogens with zero attached hydrogens (tertiary/aromatic N) is 2. The largest absolute Gasteiger partial charge is 1.00 e. The summed E-state index contributed by atoms with van der Waals surface area (Å²) in [5.41, 5.74) is 3.45. The Kier molecular flexibility index (Phi) is 8.97. The van der Waals surface area contributed by atoms with Gasteiger partial charge in [0.25, 0.3) is 0 Å². The Balaban J connectivity index is 0.00000180. The number of alkyl halides is 3. The van der Waals surface area contributed by atoms with Gasteiger partial charge in [0.15, 0.2) is 0 Å². The second kappa shape index (κ2) is 11.3. The smallest absolute Gasteiger partial charge is 0.391 e. The SMILES string of the molecule is Cc1ccc2c(n1)CNC[C@]21CNC[C@H]1C(=O)N1CC[C@@H](c2ccccc2)C[C@H]1CC(F)(F)F.[Cl-].[Cl-]. The highest BCUT2D eigenvalue weighted by Gasteiger charge is 2.53. The summed E-state index contributed by atoms with van der Waals surface area (Å²) in [6.45, 7) is 4.61. The number of benzene rings is 1. The van der Waals surface area contributed by atoms with Crippen molar-refractivity contribution >= 4 is 5.91 Å². The van der Waals surface area contributed by atoms with Crippen LogP contribution in [0.3, 0.4) is 0 Å². The maximum Gasteiger partial charge on any atom is 0.391 e. The summed E-state index contributed by atoms with van der Waals surface area (Å²) in [6, 6.07) is 12.9. The molecule has 1 spiro atoms. The van der Waals surface area contributed by atoms with Crippen molar-refractivity contribution in [1.29, 1.82) is 0 Å². The first-order valence-electron chi connectivity index (χ1n) is 12.1. The molecule has 0 unspecified atom stereocenters. The van der Waals surface area contributed by atoms with E-state index in [1.54, 1.807) is 4.90 Å². The van der Waals surface area contributed by atoms with Gasteiger partial charge in [0.1, 0.15) is 0 Å². The topological polar surface area (TPSA) is 57.3 Å². The number of nitrogens with one attached hydrogen (secondary N) is 2. The predicted octanol–water partition coefficient (Wildman–Crippen LogP) is -2.31. The van der Waals surface area contributed by atoms with Crippen LogP contribution in [0.4, 0.5) is 13.2 Å². The molecule has 0 saturated carbocycles. The number of halogens is 5. The molecule has 10 heteroatoms. The molecule has 4 heterocycles. The number of aryl methyl sites for hydroxylation is 1. The van der Waals surface area contributed by atoms with E-state index in [2.05, 4.69) is 21.7 Å². The van der Waals surface area contributed by atoms with Gasteiger partial charge in [0.2, 0.25) is 5.91 Å². The molecule has 0 bridgehead atoms. The fraction of sp³-hybridized carbons (Fsp3) is 0.538. The van der Waals surface area contributed by atoms with Gasteiger partial charge < -0.3 is 40.3 Å². The van der Waals surface area contributed by atoms with E-state index in [0.29, 0.717) is 45.6 Å². The second-order valence-corrected chi connectivity index (χ2v) is 10.0. The molecule has 2 aromatic rings. The Bertz CT molecular complexity index is 1060. The normalized spacial score (nSPS) is 27.7. The van der Waals surface area contributed by atoms with Gasteiger partial charge in [-0.05, 0) is 42.9 Å². The van der Waals surface area contributed by atoms with Crippen molar-refractivity contribution < 1.29 is 42.8 Å². The number of aromatic nitrogens is 1. The molecular weight excluding hydrogens is 512 g/mol. The van der Waals surface area contributed by atoms with Gasteiger partial charge in [-0.3, -0.25) is 9.78 Å². The first-order chi connectivity index (χ1) is 16.3. The lowest BCUT2D eigenvalue weighted by Gasteiger charge is -2.45. The first kappa shape index (κ1) is 28.7. The van der Waals surface area contributed by atoms with Crippen LogP contribution in [0.15, 0.2) is 42.5 Å². The van der Waals surface area contributed by atoms with E-state index >= 15 is 0 Å². The van der Waals surface area contributed by atoms with Crippen LogP contribution in [0, 0.1) is 12.8 Å². The van der Waals surface area contributed by atoms with E-state index in [9.17, 15) is 18.0 Å². The Morgan fingerprint density at radius 1 is 1.11 bits per heavy atom. The number of hydrogen-bond donors (Lipinski definition) is 2. The van der Waals surface area contributed by atoms with Crippen molar-refractivity contribution in [3.05, 3.63) is 65.0 Å². The predicted molar refractivity (Wildman–Crippen MR) is 123 cm³/mol. The maximum absolute atomic E-state index is 14.0. The van der Waals surface area contributed by atoms with Crippen molar-refractivity contribution in [2.75, 3.05) is 26.2 Å². The molecule has 0 aliphatic carbocycles. The average molecular weight is 543 g/mol. The molecule has 5 nitrogen and oxygen atoms in total. The number of fused-ring (bicyclic) bond motifs is 2. The highest BCUT2D eigenvalue weighted by molar-refractivity contribution is 5.82. The van der Waals surface area contributed by atoms with E-state index in [1.807, 2.05) is 43.3 Å². The molecule has 3 aliphatic heterocycles. The second-order valence-electron chi connectivity index (χ2n) is 10.0. The molecule has 2 saturated heterocycles. The third-order valence-electron chi connectivity index (χ3n) is 7.87. The molecule has 3 aliphatic rings. The van der Waals surface area contributed by atoms with Crippen LogP contribution >= 0.6 is 0 Å². The van der Waals surface area contributed by atoms with Crippen LogP contribution in [0.2, 0.25) is 0 Å². The molecule has 1 aromatic heterocycles. The van der Waals surface area contributed by atoms with Crippen molar-refractivity contribution in [2.45, 2.75) is 56.3 Å². The van der Waals surface area contributed by atoms with Gasteiger partial charge in [-0.25, -0.2) is 0 Å². The summed E-state index contributed by atoms with van der Waals surface area (Å²) >= 11 is 0. The molecule has 1 amide bonds. The molecule has 36 heavy (non-hydrogen) atoms. The molecule has 0 radical (unpaired) electrons. The standard InChI is InChI=1S/C26H31F3N4O.2ClH/c1-17-7-8-21-23(32-17)14-31-16-25(21)15-30-13-22(25)24(34)33-10-9-19(18-5-3-2-4-6-18)11-20(33)12-26(27,28)29;;/h2-8,19-20,22,30-31H,9-16H2,1H3;2*1H/p-2/t19-,20+,22+,25-;;/m1../s1. The Morgan fingerprint density at radius 2 is 1.83 bits per heavy atom. The molecule has 198 valence electrons. The number of pyridine rings is 1. The van der Waals surface area contributed by atoms with E-state index in [1.165, 1.54) is 0 Å². The van der Waals surface area contributed by atoms with Crippen molar-refractivity contribution in [1.82, 2.24) is 20.5 Å². The number of carbonyl (C=O) groups excluding carboxylic acids is 1. The lowest BCUT2D eigenvalue weighted by molar-refractivity contribution is -0.160. The number of amides is 1. The molecular formula is C26H31Cl2F3N4O-2. The molecule has 4 atom stereocenters. The van der Waals surface area contributed by atoms with Gasteiger partial charge in [0, 0.05) is 49.9 Å². The summed E-state index contributed by atoms with van der Waals surface area (Å²) in [5.74, 6) is -0.564. The highest BCUT2D eigenvalue weighted by atomic mass is 35.5. The number of likely N-dealkylation sites (tertiary alicyclic amines) is 1. The summed E-state index contributed by atoms with van der Waals surface area (Å²) in [7, 11) is 0. The van der Waals surface area contributed by atoms with Crippen LogP contribution in [0.5, 0.6) is 0 Å². The average Bonchev–Trinajstić information content (AvgIpc) is 3.22. The lowest BCUT2D eigenvalue weighted by atomic mass is 9.69. The zero-order chi connectivity index (χ0) is 23.9. The fourth-order valence-electron chi connectivity index (χ4n) is 6.28. The number of carbonyl (C=O) groups is 1. The third-order valence-corrected chi connectivity index (χ3v) is 7.87. The minimum atomic E-state index is -4.33. The number of rotatable bonds is 3. The van der Waals surface area contributed by atoms with Crippen molar-refractivity contribution in [3.63, 3.8) is 0 Å². The number of piperidine rings is 1. The van der Waals surface area contributed by atoms with Crippen LogP contribution in [0.1, 0.15) is 47.7 Å². The van der Waals surface area contributed by atoms with Crippen molar-refractivity contribution in [2.24, 2.45) is 5.92 Å². The van der Waals surface area contributed by atoms with Crippen LogP contribution in [0.25, 0.3) is 0 Å². The first-order valence-corrected chi connectivity index (χ1v) is 12.1.